The predicted molar refractivity (Wildman–Crippen MR) is 97.5 cm³/mol. The van der Waals surface area contributed by atoms with Crippen LogP contribution in [0.4, 0.5) is 5.82 Å². The van der Waals surface area contributed by atoms with E-state index in [1.807, 2.05) is 24.3 Å². The van der Waals surface area contributed by atoms with E-state index in [0.717, 1.165) is 41.7 Å². The van der Waals surface area contributed by atoms with Crippen LogP contribution in [0.5, 0.6) is 0 Å². The molecule has 4 rings (SSSR count). The summed E-state index contributed by atoms with van der Waals surface area (Å²) in [6.45, 7) is 5.62. The maximum absolute atomic E-state index is 12.3. The molecule has 0 bridgehead atoms. The molecule has 2 aromatic heterocycles. The molecule has 3 aromatic rings. The first-order chi connectivity index (χ1) is 12.3. The Bertz CT molecular complexity index is 933. The number of carbonyl (C=O) groups excluding carboxylic acids is 1. The number of piperidine rings is 1. The number of rotatable bonds is 4. The van der Waals surface area contributed by atoms with Crippen LogP contribution in [0.25, 0.3) is 22.1 Å². The zero-order valence-electron chi connectivity index (χ0n) is 13.9. The fourth-order valence-corrected chi connectivity index (χ4v) is 3.44. The normalized spacial score (nSPS) is 17.8. The van der Waals surface area contributed by atoms with Gasteiger partial charge in [-0.15, -0.1) is 6.58 Å². The molecule has 6 heteroatoms. The lowest BCUT2D eigenvalue weighted by atomic mass is 9.97. The second-order valence-electron chi connectivity index (χ2n) is 6.29. The molecular weight excluding hydrogens is 316 g/mol. The molecule has 1 atom stereocenters. The van der Waals surface area contributed by atoms with E-state index in [9.17, 15) is 4.79 Å². The second-order valence-corrected chi connectivity index (χ2v) is 6.29. The summed E-state index contributed by atoms with van der Waals surface area (Å²) in [7, 11) is 0. The van der Waals surface area contributed by atoms with Crippen molar-refractivity contribution < 1.29 is 9.21 Å². The third-order valence-electron chi connectivity index (χ3n) is 4.65. The van der Waals surface area contributed by atoms with Crippen molar-refractivity contribution in [2.24, 2.45) is 5.92 Å². The largest absolute Gasteiger partial charge is 0.450 e. The Morgan fingerprint density at radius 1 is 1.40 bits per heavy atom. The summed E-state index contributed by atoms with van der Waals surface area (Å²) < 4.78 is 6.02. The number of carbonyl (C=O) groups is 1. The Labute approximate surface area is 145 Å². The Balaban J connectivity index is 1.67. The lowest BCUT2D eigenvalue weighted by Crippen LogP contribution is -2.43. The van der Waals surface area contributed by atoms with Crippen molar-refractivity contribution in [3.63, 3.8) is 0 Å². The van der Waals surface area contributed by atoms with E-state index >= 15 is 0 Å². The fraction of sp³-hybridized carbons (Fsp3) is 0.316. The summed E-state index contributed by atoms with van der Waals surface area (Å²) in [6.07, 6.45) is 5.09. The average Bonchev–Trinajstić information content (AvgIpc) is 3.05. The molecule has 0 unspecified atom stereocenters. The maximum atomic E-state index is 12.3. The smallest absolute Gasteiger partial charge is 0.225 e. The van der Waals surface area contributed by atoms with Gasteiger partial charge in [0.15, 0.2) is 11.4 Å². The minimum atomic E-state index is -0.0527. The lowest BCUT2D eigenvalue weighted by molar-refractivity contribution is -0.125. The van der Waals surface area contributed by atoms with Crippen molar-refractivity contribution in [3.8, 4) is 0 Å². The van der Waals surface area contributed by atoms with Crippen LogP contribution in [0.15, 0.2) is 47.7 Å². The highest BCUT2D eigenvalue weighted by molar-refractivity contribution is 6.05. The number of nitrogens with one attached hydrogen (secondary N) is 1. The summed E-state index contributed by atoms with van der Waals surface area (Å²) in [5.74, 6) is 0.782. The number of para-hydroxylation sites is 1. The van der Waals surface area contributed by atoms with Gasteiger partial charge in [0.05, 0.1) is 5.92 Å². The van der Waals surface area contributed by atoms with Crippen LogP contribution in [-0.4, -0.2) is 35.5 Å². The Morgan fingerprint density at radius 3 is 3.16 bits per heavy atom. The van der Waals surface area contributed by atoms with E-state index in [0.29, 0.717) is 18.7 Å². The number of furan rings is 1. The summed E-state index contributed by atoms with van der Waals surface area (Å²) >= 11 is 0. The van der Waals surface area contributed by atoms with Crippen LogP contribution >= 0.6 is 0 Å². The van der Waals surface area contributed by atoms with Crippen LogP contribution in [0, 0.1) is 5.92 Å². The van der Waals surface area contributed by atoms with Crippen molar-refractivity contribution in [2.45, 2.75) is 12.8 Å². The summed E-state index contributed by atoms with van der Waals surface area (Å²) in [4.78, 5) is 23.3. The highest BCUT2D eigenvalue weighted by Gasteiger charge is 2.28. The fourth-order valence-electron chi connectivity index (χ4n) is 3.44. The van der Waals surface area contributed by atoms with Gasteiger partial charge in [0, 0.05) is 25.0 Å². The number of nitrogens with zero attached hydrogens (tertiary/aromatic N) is 3. The topological polar surface area (TPSA) is 71.3 Å². The first kappa shape index (κ1) is 15.6. The lowest BCUT2D eigenvalue weighted by Gasteiger charge is -2.32. The third-order valence-corrected chi connectivity index (χ3v) is 4.65. The van der Waals surface area contributed by atoms with Crippen LogP contribution in [0.2, 0.25) is 0 Å². The molecule has 0 spiro atoms. The van der Waals surface area contributed by atoms with Gasteiger partial charge in [-0.25, -0.2) is 9.97 Å². The van der Waals surface area contributed by atoms with E-state index in [-0.39, 0.29) is 11.8 Å². The molecule has 1 saturated heterocycles. The van der Waals surface area contributed by atoms with Crippen LogP contribution in [0.1, 0.15) is 12.8 Å². The Morgan fingerprint density at radius 2 is 2.28 bits per heavy atom. The molecule has 1 N–H and O–H groups in total. The van der Waals surface area contributed by atoms with Gasteiger partial charge in [0.1, 0.15) is 17.4 Å². The first-order valence-electron chi connectivity index (χ1n) is 8.53. The number of hydrogen-bond acceptors (Lipinski definition) is 5. The second kappa shape index (κ2) is 6.55. The van der Waals surface area contributed by atoms with E-state index in [2.05, 4.69) is 26.8 Å². The summed E-state index contributed by atoms with van der Waals surface area (Å²) in [5.41, 5.74) is 2.31. The molecule has 0 saturated carbocycles. The van der Waals surface area contributed by atoms with Gasteiger partial charge in [-0.05, 0) is 25.0 Å². The van der Waals surface area contributed by atoms with Crippen molar-refractivity contribution in [1.29, 1.82) is 0 Å². The molecule has 1 aliphatic rings. The first-order valence-corrected chi connectivity index (χ1v) is 8.53. The third kappa shape index (κ3) is 2.84. The standard InChI is InChI=1S/C19H20N4O2/c1-2-9-20-19(24)13-6-5-10-23(11-13)18-17-16(21-12-22-18)14-7-3-4-8-15(14)25-17/h2-4,7-8,12-13H,1,5-6,9-11H2,(H,20,24)/t13-/m1/s1. The Hall–Kier alpha value is -2.89. The van der Waals surface area contributed by atoms with Crippen LogP contribution in [-0.2, 0) is 4.79 Å². The van der Waals surface area contributed by atoms with Crippen LogP contribution < -0.4 is 10.2 Å². The van der Waals surface area contributed by atoms with E-state index in [4.69, 9.17) is 4.42 Å². The van der Waals surface area contributed by atoms with Crippen molar-refractivity contribution in [1.82, 2.24) is 15.3 Å². The number of hydrogen-bond donors (Lipinski definition) is 1. The van der Waals surface area contributed by atoms with Crippen molar-refractivity contribution in [3.05, 3.63) is 43.2 Å². The molecular formula is C19H20N4O2. The molecule has 3 heterocycles. The van der Waals surface area contributed by atoms with Gasteiger partial charge in [0.2, 0.25) is 5.91 Å². The molecule has 1 aliphatic heterocycles. The molecule has 1 fully saturated rings. The van der Waals surface area contributed by atoms with Gasteiger partial charge in [0.25, 0.3) is 0 Å². The van der Waals surface area contributed by atoms with Crippen molar-refractivity contribution >= 4 is 33.8 Å². The SMILES string of the molecule is C=CCNC(=O)[C@@H]1CCCN(c2ncnc3c2oc2ccccc23)C1. The van der Waals surface area contributed by atoms with Gasteiger partial charge >= 0.3 is 0 Å². The molecule has 1 aromatic carbocycles. The molecule has 0 aliphatic carbocycles. The van der Waals surface area contributed by atoms with E-state index < -0.39 is 0 Å². The highest BCUT2D eigenvalue weighted by Crippen LogP contribution is 2.33. The van der Waals surface area contributed by atoms with Gasteiger partial charge < -0.3 is 14.6 Å². The maximum Gasteiger partial charge on any atom is 0.225 e. The summed E-state index contributed by atoms with van der Waals surface area (Å²) in [5, 5.41) is 3.88. The molecule has 128 valence electrons. The summed E-state index contributed by atoms with van der Waals surface area (Å²) in [6, 6.07) is 7.85. The van der Waals surface area contributed by atoms with Gasteiger partial charge in [-0.2, -0.15) is 0 Å². The van der Waals surface area contributed by atoms with E-state index in [1.54, 1.807) is 12.4 Å². The number of aromatic nitrogens is 2. The monoisotopic (exact) mass is 336 g/mol. The minimum Gasteiger partial charge on any atom is -0.450 e. The molecule has 6 nitrogen and oxygen atoms in total. The van der Waals surface area contributed by atoms with Crippen molar-refractivity contribution in [2.75, 3.05) is 24.5 Å². The molecule has 0 radical (unpaired) electrons. The number of amides is 1. The molecule has 25 heavy (non-hydrogen) atoms. The number of fused-ring (bicyclic) bond motifs is 3. The van der Waals surface area contributed by atoms with Gasteiger partial charge in [-0.1, -0.05) is 18.2 Å². The Kier molecular flexibility index (Phi) is 4.09. The number of benzene rings is 1. The zero-order chi connectivity index (χ0) is 17.2. The van der Waals surface area contributed by atoms with E-state index in [1.165, 1.54) is 0 Å². The quantitative estimate of drug-likeness (QED) is 0.742. The predicted octanol–water partition coefficient (Wildman–Crippen LogP) is 2.89. The molecule has 1 amide bonds. The highest BCUT2D eigenvalue weighted by atomic mass is 16.3. The van der Waals surface area contributed by atoms with Crippen LogP contribution in [0.3, 0.4) is 0 Å². The average molecular weight is 336 g/mol. The minimum absolute atomic E-state index is 0.0527. The zero-order valence-corrected chi connectivity index (χ0v) is 13.9. The van der Waals surface area contributed by atoms with Gasteiger partial charge in [-0.3, -0.25) is 4.79 Å². The number of anilines is 1.